The Morgan fingerprint density at radius 3 is 2.22 bits per heavy atom. The molecule has 0 fully saturated rings. The van der Waals surface area contributed by atoms with Gasteiger partial charge < -0.3 is 4.74 Å². The van der Waals surface area contributed by atoms with Crippen molar-refractivity contribution in [2.45, 2.75) is 13.1 Å². The number of carbonyl (C=O) groups excluding carboxylic acids is 1. The molecular weight excluding hydrogens is 315 g/mol. The van der Waals surface area contributed by atoms with Gasteiger partial charge in [0.1, 0.15) is 11.5 Å². The summed E-state index contributed by atoms with van der Waals surface area (Å²) in [6.45, 7) is 1.35. The highest BCUT2D eigenvalue weighted by molar-refractivity contribution is 5.94. The van der Waals surface area contributed by atoms with Gasteiger partial charge in [0.25, 0.3) is 5.69 Å². The van der Waals surface area contributed by atoms with Gasteiger partial charge in [0.2, 0.25) is 0 Å². The zero-order valence-corrected chi connectivity index (χ0v) is 11.8. The maximum Gasteiger partial charge on any atom is 0.419 e. The van der Waals surface area contributed by atoms with Crippen molar-refractivity contribution in [2.24, 2.45) is 0 Å². The number of halogens is 3. The van der Waals surface area contributed by atoms with Crippen LogP contribution in [0, 0.1) is 10.1 Å². The van der Waals surface area contributed by atoms with E-state index in [2.05, 4.69) is 0 Å². The maximum absolute atomic E-state index is 13.0. The lowest BCUT2D eigenvalue weighted by Crippen LogP contribution is -2.07. The van der Waals surface area contributed by atoms with E-state index in [0.717, 1.165) is 6.07 Å². The highest BCUT2D eigenvalue weighted by atomic mass is 19.4. The summed E-state index contributed by atoms with van der Waals surface area (Å²) in [5.41, 5.74) is -1.28. The van der Waals surface area contributed by atoms with Crippen LogP contribution in [0.4, 0.5) is 18.9 Å². The van der Waals surface area contributed by atoms with Crippen LogP contribution in [0.3, 0.4) is 0 Å². The molecule has 0 spiro atoms. The number of ether oxygens (including phenoxy) is 1. The number of non-ortho nitro benzene ring substituents is 1. The molecule has 0 aliphatic carbocycles. The summed E-state index contributed by atoms with van der Waals surface area (Å²) in [6, 6.07) is 7.48. The molecule has 8 heteroatoms. The number of carbonyl (C=O) groups is 1. The summed E-state index contributed by atoms with van der Waals surface area (Å²) in [4.78, 5) is 21.1. The number of hydrogen-bond acceptors (Lipinski definition) is 4. The Bertz CT molecular complexity index is 754. The topological polar surface area (TPSA) is 69.4 Å². The predicted molar refractivity (Wildman–Crippen MR) is 74.6 cm³/mol. The zero-order valence-electron chi connectivity index (χ0n) is 11.8. The average molecular weight is 325 g/mol. The molecule has 2 rings (SSSR count). The second-order valence-electron chi connectivity index (χ2n) is 4.62. The molecule has 0 heterocycles. The lowest BCUT2D eigenvalue weighted by atomic mass is 10.1. The van der Waals surface area contributed by atoms with Gasteiger partial charge in [-0.1, -0.05) is 0 Å². The second kappa shape index (κ2) is 6.07. The Morgan fingerprint density at radius 1 is 1.13 bits per heavy atom. The number of nitro groups is 1. The van der Waals surface area contributed by atoms with Crippen molar-refractivity contribution >= 4 is 11.5 Å². The van der Waals surface area contributed by atoms with E-state index in [1.165, 1.54) is 31.2 Å². The summed E-state index contributed by atoms with van der Waals surface area (Å²) in [6.07, 6.45) is -4.72. The van der Waals surface area contributed by atoms with E-state index in [1.54, 1.807) is 0 Å². The van der Waals surface area contributed by atoms with Crippen LogP contribution >= 0.6 is 0 Å². The lowest BCUT2D eigenvalue weighted by Gasteiger charge is -2.13. The van der Waals surface area contributed by atoms with E-state index >= 15 is 0 Å². The molecule has 0 amide bonds. The molecule has 23 heavy (non-hydrogen) atoms. The van der Waals surface area contributed by atoms with Crippen molar-refractivity contribution in [1.82, 2.24) is 0 Å². The minimum Gasteiger partial charge on any atom is -0.456 e. The van der Waals surface area contributed by atoms with E-state index in [4.69, 9.17) is 4.74 Å². The van der Waals surface area contributed by atoms with Crippen LogP contribution in [0.5, 0.6) is 11.5 Å². The van der Waals surface area contributed by atoms with E-state index in [0.29, 0.717) is 17.7 Å². The third-order valence-corrected chi connectivity index (χ3v) is 2.97. The molecule has 0 saturated carbocycles. The molecule has 0 unspecified atom stereocenters. The molecule has 0 aliphatic rings. The summed E-state index contributed by atoms with van der Waals surface area (Å²) in [7, 11) is 0. The Labute approximate surface area is 128 Å². The molecule has 0 bridgehead atoms. The quantitative estimate of drug-likeness (QED) is 0.468. The Morgan fingerprint density at radius 2 is 1.74 bits per heavy atom. The molecule has 120 valence electrons. The summed E-state index contributed by atoms with van der Waals surface area (Å²) in [5.74, 6) is -0.855. The number of Topliss-reactive ketones (excluding diaryl/α,β-unsaturated/α-hetero) is 1. The fourth-order valence-electron chi connectivity index (χ4n) is 1.83. The Balaban J connectivity index is 2.42. The Kier molecular flexibility index (Phi) is 4.35. The first-order valence-corrected chi connectivity index (χ1v) is 6.33. The normalized spacial score (nSPS) is 11.1. The molecular formula is C15H10F3NO4. The number of hydrogen-bond donors (Lipinski definition) is 0. The van der Waals surface area contributed by atoms with Gasteiger partial charge in [0.15, 0.2) is 5.78 Å². The van der Waals surface area contributed by atoms with E-state index in [-0.39, 0.29) is 11.5 Å². The first-order valence-electron chi connectivity index (χ1n) is 6.33. The van der Waals surface area contributed by atoms with Crippen molar-refractivity contribution in [2.75, 3.05) is 0 Å². The first-order chi connectivity index (χ1) is 10.7. The Hall–Kier alpha value is -2.90. The number of alkyl halides is 3. The third-order valence-electron chi connectivity index (χ3n) is 2.97. The van der Waals surface area contributed by atoms with Crippen LogP contribution in [0.1, 0.15) is 22.8 Å². The minimum atomic E-state index is -4.72. The van der Waals surface area contributed by atoms with Crippen molar-refractivity contribution in [1.29, 1.82) is 0 Å². The van der Waals surface area contributed by atoms with Crippen molar-refractivity contribution in [3.05, 3.63) is 63.7 Å². The summed E-state index contributed by atoms with van der Waals surface area (Å²) in [5, 5.41) is 10.7. The van der Waals surface area contributed by atoms with Crippen LogP contribution in [-0.2, 0) is 6.18 Å². The van der Waals surface area contributed by atoms with Crippen LogP contribution in [-0.4, -0.2) is 10.7 Å². The molecule has 2 aromatic rings. The highest BCUT2D eigenvalue weighted by Crippen LogP contribution is 2.39. The van der Waals surface area contributed by atoms with Crippen molar-refractivity contribution in [3.63, 3.8) is 0 Å². The second-order valence-corrected chi connectivity index (χ2v) is 4.62. The van der Waals surface area contributed by atoms with Gasteiger partial charge in [-0.25, -0.2) is 0 Å². The van der Waals surface area contributed by atoms with Gasteiger partial charge in [-0.05, 0) is 37.3 Å². The van der Waals surface area contributed by atoms with Gasteiger partial charge >= 0.3 is 6.18 Å². The van der Waals surface area contributed by atoms with Crippen LogP contribution in [0.2, 0.25) is 0 Å². The van der Waals surface area contributed by atoms with Gasteiger partial charge in [-0.15, -0.1) is 0 Å². The fourth-order valence-corrected chi connectivity index (χ4v) is 1.83. The summed E-state index contributed by atoms with van der Waals surface area (Å²) < 4.78 is 44.0. The fraction of sp³-hybridized carbons (Fsp3) is 0.133. The van der Waals surface area contributed by atoms with Crippen molar-refractivity contribution < 1.29 is 27.6 Å². The molecule has 0 N–H and O–H groups in total. The third kappa shape index (κ3) is 3.85. The molecule has 0 aliphatic heterocycles. The smallest absolute Gasteiger partial charge is 0.419 e. The van der Waals surface area contributed by atoms with Crippen molar-refractivity contribution in [3.8, 4) is 11.5 Å². The van der Waals surface area contributed by atoms with Gasteiger partial charge in [-0.3, -0.25) is 14.9 Å². The van der Waals surface area contributed by atoms with E-state index in [1.807, 2.05) is 0 Å². The van der Waals surface area contributed by atoms with Gasteiger partial charge in [0.05, 0.1) is 16.6 Å². The number of nitrogens with zero attached hydrogens (tertiary/aromatic N) is 1. The summed E-state index contributed by atoms with van der Waals surface area (Å²) >= 11 is 0. The van der Waals surface area contributed by atoms with E-state index < -0.39 is 28.1 Å². The molecule has 0 saturated heterocycles. The lowest BCUT2D eigenvalue weighted by molar-refractivity contribution is -0.385. The predicted octanol–water partition coefficient (Wildman–Crippen LogP) is 4.61. The van der Waals surface area contributed by atoms with Crippen LogP contribution in [0.25, 0.3) is 0 Å². The number of ketones is 1. The monoisotopic (exact) mass is 325 g/mol. The molecule has 2 aromatic carbocycles. The number of nitro benzene ring substituents is 1. The van der Waals surface area contributed by atoms with Crippen LogP contribution in [0.15, 0.2) is 42.5 Å². The van der Waals surface area contributed by atoms with Gasteiger partial charge in [-0.2, -0.15) is 13.2 Å². The molecule has 0 aromatic heterocycles. The first kappa shape index (κ1) is 16.5. The highest BCUT2D eigenvalue weighted by Gasteiger charge is 2.35. The largest absolute Gasteiger partial charge is 0.456 e. The average Bonchev–Trinajstić information content (AvgIpc) is 2.46. The standard InChI is InChI=1S/C15H10F3NO4/c1-9(20)10-2-5-12(6-3-10)23-14-8-11(19(21)22)4-7-13(14)15(16,17)18/h2-8H,1H3. The minimum absolute atomic E-state index is 0.0287. The van der Waals surface area contributed by atoms with Crippen LogP contribution < -0.4 is 4.74 Å². The van der Waals surface area contributed by atoms with E-state index in [9.17, 15) is 28.1 Å². The number of benzene rings is 2. The molecule has 0 atom stereocenters. The maximum atomic E-state index is 13.0. The molecule has 0 radical (unpaired) electrons. The zero-order chi connectivity index (χ0) is 17.2. The molecule has 5 nitrogen and oxygen atoms in total. The SMILES string of the molecule is CC(=O)c1ccc(Oc2cc([N+](=O)[O-])ccc2C(F)(F)F)cc1. The number of rotatable bonds is 4. The van der Waals surface area contributed by atoms with Gasteiger partial charge in [0, 0.05) is 11.6 Å².